The minimum Gasteiger partial charge on any atom is -0.460 e. The predicted molar refractivity (Wildman–Crippen MR) is 86.9 cm³/mol. The van der Waals surface area contributed by atoms with Crippen molar-refractivity contribution in [1.82, 2.24) is 15.3 Å². The molecule has 3 rings (SSSR count). The van der Waals surface area contributed by atoms with Crippen molar-refractivity contribution >= 4 is 5.91 Å². The summed E-state index contributed by atoms with van der Waals surface area (Å²) in [6.45, 7) is 0. The van der Waals surface area contributed by atoms with E-state index in [1.807, 2.05) is 0 Å². The van der Waals surface area contributed by atoms with Gasteiger partial charge in [-0.05, 0) is 37.3 Å². The molecule has 132 valence electrons. The smallest absolute Gasteiger partial charge is 0.316 e. The van der Waals surface area contributed by atoms with E-state index in [4.69, 9.17) is 4.74 Å². The number of nitrogens with zero attached hydrogens (tertiary/aromatic N) is 2. The molecule has 1 aliphatic carbocycles. The molecule has 1 aliphatic rings. The lowest BCUT2D eigenvalue weighted by molar-refractivity contribution is -0.121. The number of hydrogen-bond acceptors (Lipinski definition) is 4. The highest BCUT2D eigenvalue weighted by Gasteiger charge is 2.24. The summed E-state index contributed by atoms with van der Waals surface area (Å²) in [6, 6.07) is 6.49. The van der Waals surface area contributed by atoms with Crippen LogP contribution in [0.4, 0.5) is 8.78 Å². The van der Waals surface area contributed by atoms with Crippen molar-refractivity contribution in [2.75, 3.05) is 0 Å². The van der Waals surface area contributed by atoms with E-state index in [1.165, 1.54) is 6.07 Å². The molecule has 1 fully saturated rings. The summed E-state index contributed by atoms with van der Waals surface area (Å²) >= 11 is 0. The van der Waals surface area contributed by atoms with Gasteiger partial charge in [-0.2, -0.15) is 0 Å². The van der Waals surface area contributed by atoms with Crippen LogP contribution in [0.1, 0.15) is 31.2 Å². The highest BCUT2D eigenvalue weighted by atomic mass is 19.1. The number of ether oxygens (including phenoxy) is 1. The number of amides is 1. The third-order valence-electron chi connectivity index (χ3n) is 4.22. The first-order chi connectivity index (χ1) is 12.1. The Labute approximate surface area is 144 Å². The maximum Gasteiger partial charge on any atom is 0.316 e. The van der Waals surface area contributed by atoms with Crippen LogP contribution in [0.3, 0.4) is 0 Å². The summed E-state index contributed by atoms with van der Waals surface area (Å²) in [7, 11) is 0. The number of carbonyl (C=O) groups excluding carboxylic acids is 1. The number of carbonyl (C=O) groups is 1. The molecule has 1 N–H and O–H groups in total. The van der Waals surface area contributed by atoms with Crippen LogP contribution in [0.15, 0.2) is 36.7 Å². The second-order valence-corrected chi connectivity index (χ2v) is 6.11. The highest BCUT2D eigenvalue weighted by molar-refractivity contribution is 5.78. The summed E-state index contributed by atoms with van der Waals surface area (Å²) in [6.07, 6.45) is 5.12. The zero-order valence-corrected chi connectivity index (χ0v) is 13.6. The predicted octanol–water partition coefficient (Wildman–Crippen LogP) is 2.80. The van der Waals surface area contributed by atoms with Gasteiger partial charge >= 0.3 is 6.01 Å². The van der Waals surface area contributed by atoms with Gasteiger partial charge in [0.25, 0.3) is 0 Å². The Morgan fingerprint density at radius 1 is 1.12 bits per heavy atom. The van der Waals surface area contributed by atoms with E-state index in [0.29, 0.717) is 5.56 Å². The molecule has 25 heavy (non-hydrogen) atoms. The van der Waals surface area contributed by atoms with Crippen LogP contribution in [-0.2, 0) is 11.2 Å². The van der Waals surface area contributed by atoms with Crippen LogP contribution in [0.25, 0.3) is 0 Å². The van der Waals surface area contributed by atoms with Gasteiger partial charge in [-0.3, -0.25) is 4.79 Å². The fourth-order valence-electron chi connectivity index (χ4n) is 2.93. The van der Waals surface area contributed by atoms with Crippen molar-refractivity contribution in [3.63, 3.8) is 0 Å². The second-order valence-electron chi connectivity index (χ2n) is 6.11. The molecule has 1 aromatic carbocycles. The van der Waals surface area contributed by atoms with E-state index in [9.17, 15) is 13.6 Å². The van der Waals surface area contributed by atoms with Crippen molar-refractivity contribution in [3.8, 4) is 6.01 Å². The first kappa shape index (κ1) is 17.3. The summed E-state index contributed by atoms with van der Waals surface area (Å²) in [5, 5.41) is 2.94. The fourth-order valence-corrected chi connectivity index (χ4v) is 2.93. The summed E-state index contributed by atoms with van der Waals surface area (Å²) in [5.41, 5.74) is 0.394. The number of halogens is 2. The van der Waals surface area contributed by atoms with Gasteiger partial charge in [0.1, 0.15) is 11.9 Å². The number of aromatic nitrogens is 2. The second kappa shape index (κ2) is 8.00. The number of rotatable bonds is 5. The Morgan fingerprint density at radius 2 is 1.80 bits per heavy atom. The molecular weight excluding hydrogens is 328 g/mol. The largest absolute Gasteiger partial charge is 0.460 e. The number of benzene rings is 1. The molecule has 0 bridgehead atoms. The maximum atomic E-state index is 13.6. The summed E-state index contributed by atoms with van der Waals surface area (Å²) < 4.78 is 32.0. The van der Waals surface area contributed by atoms with Gasteiger partial charge in [0.2, 0.25) is 5.91 Å². The van der Waals surface area contributed by atoms with Crippen molar-refractivity contribution < 1.29 is 18.3 Å². The number of nitrogens with one attached hydrogen (secondary N) is 1. The Morgan fingerprint density at radius 3 is 2.48 bits per heavy atom. The zero-order valence-electron chi connectivity index (χ0n) is 13.6. The molecule has 7 heteroatoms. The average molecular weight is 347 g/mol. The van der Waals surface area contributed by atoms with Crippen molar-refractivity contribution in [3.05, 3.63) is 53.9 Å². The van der Waals surface area contributed by atoms with E-state index in [0.717, 1.165) is 38.1 Å². The van der Waals surface area contributed by atoms with Gasteiger partial charge in [-0.15, -0.1) is 0 Å². The summed E-state index contributed by atoms with van der Waals surface area (Å²) in [5.74, 6) is -1.06. The normalized spacial score (nSPS) is 20.1. The van der Waals surface area contributed by atoms with Crippen LogP contribution in [0, 0.1) is 11.6 Å². The molecule has 1 saturated carbocycles. The van der Waals surface area contributed by atoms with Gasteiger partial charge in [-0.1, -0.05) is 18.2 Å². The van der Waals surface area contributed by atoms with Crippen LogP contribution in [-0.4, -0.2) is 28.0 Å². The van der Waals surface area contributed by atoms with Crippen LogP contribution in [0.5, 0.6) is 6.01 Å². The third kappa shape index (κ3) is 4.95. The SMILES string of the molecule is O=C(Cc1ccccc1F)NC1CCC(Oc2ncc(F)cn2)CC1. The molecular formula is C18H19F2N3O2. The van der Waals surface area contributed by atoms with Crippen molar-refractivity contribution in [2.45, 2.75) is 44.2 Å². The molecule has 1 amide bonds. The van der Waals surface area contributed by atoms with Crippen molar-refractivity contribution in [2.24, 2.45) is 0 Å². The lowest BCUT2D eigenvalue weighted by Gasteiger charge is -2.28. The Bertz CT molecular complexity index is 717. The standard InChI is InChI=1S/C18H19F2N3O2/c19-13-10-21-18(22-11-13)25-15-7-5-14(6-8-15)23-17(24)9-12-3-1-2-4-16(12)20/h1-4,10-11,14-15H,5-9H2,(H,23,24). The van der Waals surface area contributed by atoms with Gasteiger partial charge in [-0.25, -0.2) is 18.7 Å². The molecule has 1 aromatic heterocycles. The van der Waals surface area contributed by atoms with Crippen LogP contribution < -0.4 is 10.1 Å². The lowest BCUT2D eigenvalue weighted by Crippen LogP contribution is -2.40. The topological polar surface area (TPSA) is 64.1 Å². The average Bonchev–Trinajstić information content (AvgIpc) is 2.61. The van der Waals surface area contributed by atoms with Crippen LogP contribution in [0.2, 0.25) is 0 Å². The Kier molecular flexibility index (Phi) is 5.53. The number of hydrogen-bond donors (Lipinski definition) is 1. The minimum atomic E-state index is -0.506. The minimum absolute atomic E-state index is 0.0342. The third-order valence-corrected chi connectivity index (χ3v) is 4.22. The van der Waals surface area contributed by atoms with Gasteiger partial charge in [0, 0.05) is 6.04 Å². The molecule has 0 spiro atoms. The van der Waals surface area contributed by atoms with E-state index in [-0.39, 0.29) is 36.3 Å². The first-order valence-electron chi connectivity index (χ1n) is 8.27. The Balaban J connectivity index is 1.43. The van der Waals surface area contributed by atoms with E-state index in [1.54, 1.807) is 18.2 Å². The molecule has 5 nitrogen and oxygen atoms in total. The molecule has 0 radical (unpaired) electrons. The van der Waals surface area contributed by atoms with E-state index >= 15 is 0 Å². The molecule has 2 aromatic rings. The quantitative estimate of drug-likeness (QED) is 0.903. The Hall–Kier alpha value is -2.57. The van der Waals surface area contributed by atoms with Gasteiger partial charge in [0.15, 0.2) is 5.82 Å². The van der Waals surface area contributed by atoms with E-state index in [2.05, 4.69) is 15.3 Å². The monoisotopic (exact) mass is 347 g/mol. The lowest BCUT2D eigenvalue weighted by atomic mass is 9.93. The molecule has 1 heterocycles. The van der Waals surface area contributed by atoms with Crippen LogP contribution >= 0.6 is 0 Å². The molecule has 0 unspecified atom stereocenters. The molecule has 0 saturated heterocycles. The zero-order chi connectivity index (χ0) is 17.6. The maximum absolute atomic E-state index is 13.6. The summed E-state index contributed by atoms with van der Waals surface area (Å²) in [4.78, 5) is 19.6. The van der Waals surface area contributed by atoms with Gasteiger partial charge in [0.05, 0.1) is 18.8 Å². The first-order valence-corrected chi connectivity index (χ1v) is 8.27. The molecule has 0 atom stereocenters. The van der Waals surface area contributed by atoms with E-state index < -0.39 is 5.82 Å². The van der Waals surface area contributed by atoms with Crippen molar-refractivity contribution in [1.29, 1.82) is 0 Å². The van der Waals surface area contributed by atoms with Gasteiger partial charge < -0.3 is 10.1 Å². The highest BCUT2D eigenvalue weighted by Crippen LogP contribution is 2.22. The fraction of sp³-hybridized carbons (Fsp3) is 0.389. The molecule has 0 aliphatic heterocycles.